The van der Waals surface area contributed by atoms with Gasteiger partial charge in [-0.1, -0.05) is 30.3 Å². The first-order valence-corrected chi connectivity index (χ1v) is 5.75. The lowest BCUT2D eigenvalue weighted by atomic mass is 9.98. The Balaban J connectivity index is 1.91. The minimum Gasteiger partial charge on any atom is -0.484 e. The molecule has 1 aliphatic heterocycles. The molecular formula is C14H16O3. The van der Waals surface area contributed by atoms with Crippen LogP contribution in [0.4, 0.5) is 0 Å². The minimum absolute atomic E-state index is 0.294. The topological polar surface area (TPSA) is 35.5 Å². The molecule has 17 heavy (non-hydrogen) atoms. The fourth-order valence-electron chi connectivity index (χ4n) is 1.71. The lowest BCUT2D eigenvalue weighted by Crippen LogP contribution is -2.39. The number of ether oxygens (including phenoxy) is 2. The highest BCUT2D eigenvalue weighted by Crippen LogP contribution is 2.24. The van der Waals surface area contributed by atoms with E-state index < -0.39 is 5.60 Å². The van der Waals surface area contributed by atoms with Crippen molar-refractivity contribution in [2.24, 2.45) is 0 Å². The van der Waals surface area contributed by atoms with Gasteiger partial charge in [0.2, 0.25) is 5.60 Å². The standard InChI is InChI=1S/C14H16O3/c1-14(9-5-6-10-17-14)13(15)16-11-12-7-3-2-4-8-12/h2-4,6-8,10H,5,9,11H2,1H3. The van der Waals surface area contributed by atoms with Gasteiger partial charge in [0.1, 0.15) is 6.61 Å². The minimum atomic E-state index is -0.830. The molecule has 90 valence electrons. The van der Waals surface area contributed by atoms with Crippen LogP contribution in [0.15, 0.2) is 42.7 Å². The van der Waals surface area contributed by atoms with Crippen molar-refractivity contribution >= 4 is 5.97 Å². The molecular weight excluding hydrogens is 216 g/mol. The maximum atomic E-state index is 11.9. The van der Waals surface area contributed by atoms with Gasteiger partial charge < -0.3 is 9.47 Å². The quantitative estimate of drug-likeness (QED) is 0.752. The Hall–Kier alpha value is -1.77. The van der Waals surface area contributed by atoms with Crippen molar-refractivity contribution in [3.05, 3.63) is 48.2 Å². The average Bonchev–Trinajstić information content (AvgIpc) is 2.38. The number of allylic oxidation sites excluding steroid dienone is 1. The van der Waals surface area contributed by atoms with E-state index in [1.165, 1.54) is 0 Å². The summed E-state index contributed by atoms with van der Waals surface area (Å²) in [7, 11) is 0. The molecule has 1 unspecified atom stereocenters. The van der Waals surface area contributed by atoms with E-state index in [0.717, 1.165) is 12.0 Å². The summed E-state index contributed by atoms with van der Waals surface area (Å²) in [6, 6.07) is 9.63. The third-order valence-corrected chi connectivity index (χ3v) is 2.86. The zero-order valence-corrected chi connectivity index (χ0v) is 9.89. The molecule has 0 N–H and O–H groups in total. The van der Waals surface area contributed by atoms with E-state index >= 15 is 0 Å². The summed E-state index contributed by atoms with van der Waals surface area (Å²) in [6.07, 6.45) is 4.99. The molecule has 1 aromatic rings. The second kappa shape index (κ2) is 5.04. The Labute approximate surface area is 101 Å². The van der Waals surface area contributed by atoms with Crippen LogP contribution >= 0.6 is 0 Å². The second-order valence-electron chi connectivity index (χ2n) is 4.32. The van der Waals surface area contributed by atoms with Gasteiger partial charge in [-0.05, 0) is 25.0 Å². The number of carbonyl (C=O) groups excluding carboxylic acids is 1. The molecule has 0 spiro atoms. The maximum Gasteiger partial charge on any atom is 0.350 e. The average molecular weight is 232 g/mol. The van der Waals surface area contributed by atoms with Crippen LogP contribution in [-0.4, -0.2) is 11.6 Å². The zero-order valence-electron chi connectivity index (χ0n) is 9.89. The molecule has 1 aliphatic rings. The van der Waals surface area contributed by atoms with Crippen molar-refractivity contribution in [1.29, 1.82) is 0 Å². The van der Waals surface area contributed by atoms with Gasteiger partial charge in [-0.25, -0.2) is 4.79 Å². The third kappa shape index (κ3) is 2.87. The predicted molar refractivity (Wildman–Crippen MR) is 64.1 cm³/mol. The maximum absolute atomic E-state index is 11.9. The van der Waals surface area contributed by atoms with Gasteiger partial charge in [-0.2, -0.15) is 0 Å². The molecule has 2 rings (SSSR count). The van der Waals surface area contributed by atoms with Gasteiger partial charge in [-0.15, -0.1) is 0 Å². The highest BCUT2D eigenvalue weighted by molar-refractivity contribution is 5.79. The molecule has 0 aromatic heterocycles. The van der Waals surface area contributed by atoms with Crippen LogP contribution in [0.5, 0.6) is 0 Å². The number of rotatable bonds is 3. The molecule has 0 radical (unpaired) electrons. The van der Waals surface area contributed by atoms with Gasteiger partial charge >= 0.3 is 5.97 Å². The van der Waals surface area contributed by atoms with Crippen LogP contribution in [-0.2, 0) is 20.9 Å². The Kier molecular flexibility index (Phi) is 3.47. The highest BCUT2D eigenvalue weighted by Gasteiger charge is 2.37. The van der Waals surface area contributed by atoms with Crippen LogP contribution in [0.1, 0.15) is 25.3 Å². The van der Waals surface area contributed by atoms with Crippen LogP contribution < -0.4 is 0 Å². The Morgan fingerprint density at radius 1 is 1.41 bits per heavy atom. The zero-order chi connectivity index (χ0) is 12.1. The summed E-state index contributed by atoms with van der Waals surface area (Å²) in [5.41, 5.74) is 0.152. The van der Waals surface area contributed by atoms with Crippen LogP contribution in [0.3, 0.4) is 0 Å². The number of hydrogen-bond donors (Lipinski definition) is 0. The van der Waals surface area contributed by atoms with Crippen LogP contribution in [0.2, 0.25) is 0 Å². The first-order chi connectivity index (χ1) is 8.21. The third-order valence-electron chi connectivity index (χ3n) is 2.86. The summed E-state index contributed by atoms with van der Waals surface area (Å²) in [5.74, 6) is -0.300. The number of hydrogen-bond acceptors (Lipinski definition) is 3. The molecule has 1 aromatic carbocycles. The Bertz CT molecular complexity index is 411. The fraction of sp³-hybridized carbons (Fsp3) is 0.357. The number of esters is 1. The summed E-state index contributed by atoms with van der Waals surface area (Å²) < 4.78 is 10.6. The molecule has 3 heteroatoms. The van der Waals surface area contributed by atoms with E-state index in [2.05, 4.69) is 0 Å². The van der Waals surface area contributed by atoms with Gasteiger partial charge in [-0.3, -0.25) is 0 Å². The molecule has 1 heterocycles. The summed E-state index contributed by atoms with van der Waals surface area (Å²) in [6.45, 7) is 2.06. The normalized spacial score (nSPS) is 22.9. The number of carbonyl (C=O) groups is 1. The van der Waals surface area contributed by atoms with Crippen LogP contribution in [0.25, 0.3) is 0 Å². The molecule has 0 bridgehead atoms. The second-order valence-corrected chi connectivity index (χ2v) is 4.32. The van der Waals surface area contributed by atoms with E-state index in [4.69, 9.17) is 9.47 Å². The van der Waals surface area contributed by atoms with Crippen molar-refractivity contribution in [1.82, 2.24) is 0 Å². The monoisotopic (exact) mass is 232 g/mol. The summed E-state index contributed by atoms with van der Waals surface area (Å²) in [4.78, 5) is 11.9. The van der Waals surface area contributed by atoms with Gasteiger partial charge in [0.25, 0.3) is 0 Å². The summed E-state index contributed by atoms with van der Waals surface area (Å²) >= 11 is 0. The van der Waals surface area contributed by atoms with Crippen molar-refractivity contribution in [3.8, 4) is 0 Å². The largest absolute Gasteiger partial charge is 0.484 e. The fourth-order valence-corrected chi connectivity index (χ4v) is 1.71. The first kappa shape index (κ1) is 11.7. The molecule has 1 atom stereocenters. The van der Waals surface area contributed by atoms with E-state index in [1.54, 1.807) is 13.2 Å². The van der Waals surface area contributed by atoms with Gasteiger partial charge in [0.05, 0.1) is 6.26 Å². The van der Waals surface area contributed by atoms with Crippen LogP contribution in [0, 0.1) is 0 Å². The van der Waals surface area contributed by atoms with Gasteiger partial charge in [0.15, 0.2) is 0 Å². The smallest absolute Gasteiger partial charge is 0.350 e. The Morgan fingerprint density at radius 2 is 2.18 bits per heavy atom. The molecule has 0 fully saturated rings. The lowest BCUT2D eigenvalue weighted by molar-refractivity contribution is -0.167. The van der Waals surface area contributed by atoms with Crippen molar-refractivity contribution in [3.63, 3.8) is 0 Å². The Morgan fingerprint density at radius 3 is 2.82 bits per heavy atom. The first-order valence-electron chi connectivity index (χ1n) is 5.75. The van der Waals surface area contributed by atoms with Crippen molar-refractivity contribution < 1.29 is 14.3 Å². The molecule has 0 amide bonds. The predicted octanol–water partition coefficient (Wildman–Crippen LogP) is 2.81. The van der Waals surface area contributed by atoms with E-state index in [-0.39, 0.29) is 5.97 Å². The van der Waals surface area contributed by atoms with E-state index in [1.807, 2.05) is 36.4 Å². The number of benzene rings is 1. The van der Waals surface area contributed by atoms with E-state index in [9.17, 15) is 4.79 Å². The summed E-state index contributed by atoms with van der Waals surface area (Å²) in [5, 5.41) is 0. The lowest BCUT2D eigenvalue weighted by Gasteiger charge is -2.28. The highest BCUT2D eigenvalue weighted by atomic mass is 16.6. The van der Waals surface area contributed by atoms with Gasteiger partial charge in [0, 0.05) is 6.42 Å². The molecule has 0 saturated heterocycles. The van der Waals surface area contributed by atoms with E-state index in [0.29, 0.717) is 13.0 Å². The van der Waals surface area contributed by atoms with Crippen molar-refractivity contribution in [2.45, 2.75) is 32.0 Å². The molecule has 0 aliphatic carbocycles. The molecule has 0 saturated carbocycles. The molecule has 3 nitrogen and oxygen atoms in total. The van der Waals surface area contributed by atoms with Crippen molar-refractivity contribution in [2.75, 3.05) is 0 Å². The SMILES string of the molecule is CC1(C(=O)OCc2ccccc2)CCC=CO1.